The largest absolute Gasteiger partial charge is 0.494 e. The molecule has 3 aromatic rings. The van der Waals surface area contributed by atoms with Gasteiger partial charge in [-0.25, -0.2) is 4.68 Å². The SMILES string of the molecule is COc1ccccc1-n1cc(CN2CCC3(CCN(Cc4ccccn4)C3=O)C2)cn1. The van der Waals surface area contributed by atoms with Gasteiger partial charge in [0.2, 0.25) is 5.91 Å². The van der Waals surface area contributed by atoms with E-state index in [2.05, 4.69) is 15.0 Å². The number of likely N-dealkylation sites (tertiary alicyclic amines) is 2. The van der Waals surface area contributed by atoms with Crippen molar-refractivity contribution in [3.8, 4) is 11.4 Å². The van der Waals surface area contributed by atoms with Gasteiger partial charge in [0.25, 0.3) is 0 Å². The molecule has 0 bridgehead atoms. The molecule has 0 radical (unpaired) electrons. The summed E-state index contributed by atoms with van der Waals surface area (Å²) >= 11 is 0. The Kier molecular flexibility index (Phi) is 5.19. The molecule has 2 saturated heterocycles. The second-order valence-corrected chi connectivity index (χ2v) is 8.50. The van der Waals surface area contributed by atoms with E-state index in [-0.39, 0.29) is 11.3 Å². The highest BCUT2D eigenvalue weighted by molar-refractivity contribution is 5.85. The lowest BCUT2D eigenvalue weighted by Crippen LogP contribution is -2.36. The molecular formula is C24H27N5O2. The molecule has 160 valence electrons. The second-order valence-electron chi connectivity index (χ2n) is 8.50. The van der Waals surface area contributed by atoms with Crippen molar-refractivity contribution in [2.24, 2.45) is 5.41 Å². The lowest BCUT2D eigenvalue weighted by Gasteiger charge is -2.23. The zero-order chi connectivity index (χ0) is 21.3. The van der Waals surface area contributed by atoms with Crippen molar-refractivity contribution >= 4 is 5.91 Å². The molecule has 0 aliphatic carbocycles. The maximum Gasteiger partial charge on any atom is 0.230 e. The van der Waals surface area contributed by atoms with Gasteiger partial charge in [0.15, 0.2) is 0 Å². The van der Waals surface area contributed by atoms with Gasteiger partial charge < -0.3 is 9.64 Å². The molecule has 0 saturated carbocycles. The normalized spacial score (nSPS) is 21.3. The standard InChI is InChI=1S/C24H27N5O2/c1-31-22-8-3-2-7-21(22)29-16-19(14-26-29)15-27-12-9-24(18-27)10-13-28(23(24)30)17-20-6-4-5-11-25-20/h2-8,11,14,16H,9-10,12-13,15,17-18H2,1H3. The minimum absolute atomic E-state index is 0.243. The Morgan fingerprint density at radius 1 is 1.06 bits per heavy atom. The summed E-state index contributed by atoms with van der Waals surface area (Å²) in [5.74, 6) is 1.08. The molecule has 1 spiro atoms. The van der Waals surface area contributed by atoms with Crippen molar-refractivity contribution in [1.82, 2.24) is 24.6 Å². The van der Waals surface area contributed by atoms with E-state index in [1.54, 1.807) is 13.3 Å². The molecule has 2 aliphatic heterocycles. The smallest absolute Gasteiger partial charge is 0.230 e. The monoisotopic (exact) mass is 417 g/mol. The van der Waals surface area contributed by atoms with Gasteiger partial charge in [-0.1, -0.05) is 18.2 Å². The van der Waals surface area contributed by atoms with Crippen molar-refractivity contribution in [2.45, 2.75) is 25.9 Å². The van der Waals surface area contributed by atoms with Gasteiger partial charge in [-0.2, -0.15) is 5.10 Å². The molecule has 2 fully saturated rings. The topological polar surface area (TPSA) is 63.5 Å². The first-order valence-corrected chi connectivity index (χ1v) is 10.8. The van der Waals surface area contributed by atoms with Crippen molar-refractivity contribution in [3.63, 3.8) is 0 Å². The van der Waals surface area contributed by atoms with Crippen LogP contribution in [0.4, 0.5) is 0 Å². The van der Waals surface area contributed by atoms with Crippen molar-refractivity contribution in [3.05, 3.63) is 72.3 Å². The number of carbonyl (C=O) groups excluding carboxylic acids is 1. The molecule has 7 heteroatoms. The van der Waals surface area contributed by atoms with Crippen LogP contribution in [0.3, 0.4) is 0 Å². The Labute approximate surface area is 182 Å². The van der Waals surface area contributed by atoms with E-state index >= 15 is 0 Å². The van der Waals surface area contributed by atoms with Crippen LogP contribution in [0.2, 0.25) is 0 Å². The molecule has 1 aromatic carbocycles. The van der Waals surface area contributed by atoms with E-state index in [0.29, 0.717) is 6.54 Å². The molecule has 5 rings (SSSR count). The van der Waals surface area contributed by atoms with Gasteiger partial charge in [0.05, 0.1) is 31.0 Å². The fourth-order valence-electron chi connectivity index (χ4n) is 4.85. The number of benzene rings is 1. The van der Waals surface area contributed by atoms with Gasteiger partial charge >= 0.3 is 0 Å². The number of carbonyl (C=O) groups is 1. The number of nitrogens with zero attached hydrogens (tertiary/aromatic N) is 5. The van der Waals surface area contributed by atoms with Gasteiger partial charge in [0.1, 0.15) is 11.4 Å². The summed E-state index contributed by atoms with van der Waals surface area (Å²) in [6, 6.07) is 13.7. The van der Waals surface area contributed by atoms with Crippen LogP contribution in [0, 0.1) is 5.41 Å². The molecular weight excluding hydrogens is 390 g/mol. The first-order chi connectivity index (χ1) is 15.2. The highest BCUT2D eigenvalue weighted by Crippen LogP contribution is 2.41. The van der Waals surface area contributed by atoms with E-state index in [0.717, 1.165) is 61.7 Å². The van der Waals surface area contributed by atoms with Crippen LogP contribution in [-0.4, -0.2) is 57.2 Å². The van der Waals surface area contributed by atoms with E-state index in [1.165, 1.54) is 0 Å². The summed E-state index contributed by atoms with van der Waals surface area (Å²) in [5, 5.41) is 4.53. The third-order valence-corrected chi connectivity index (χ3v) is 6.49. The summed E-state index contributed by atoms with van der Waals surface area (Å²) in [6.45, 7) is 3.96. The molecule has 0 N–H and O–H groups in total. The maximum atomic E-state index is 13.2. The quantitative estimate of drug-likeness (QED) is 0.617. The molecule has 1 atom stereocenters. The lowest BCUT2D eigenvalue weighted by atomic mass is 9.85. The van der Waals surface area contributed by atoms with Gasteiger partial charge in [-0.15, -0.1) is 0 Å². The number of para-hydroxylation sites is 2. The van der Waals surface area contributed by atoms with Crippen LogP contribution < -0.4 is 4.74 Å². The number of rotatable bonds is 6. The van der Waals surface area contributed by atoms with E-state index in [1.807, 2.05) is 64.4 Å². The molecule has 1 unspecified atom stereocenters. The van der Waals surface area contributed by atoms with E-state index in [9.17, 15) is 4.79 Å². The molecule has 1 amide bonds. The second kappa shape index (κ2) is 8.15. The third-order valence-electron chi connectivity index (χ3n) is 6.49. The average molecular weight is 418 g/mol. The fourth-order valence-corrected chi connectivity index (χ4v) is 4.85. The lowest BCUT2D eigenvalue weighted by molar-refractivity contribution is -0.136. The van der Waals surface area contributed by atoms with Gasteiger partial charge in [0, 0.05) is 37.6 Å². The fraction of sp³-hybridized carbons (Fsp3) is 0.375. The Bertz CT molecular complexity index is 1070. The minimum atomic E-state index is -0.243. The molecule has 2 aromatic heterocycles. The van der Waals surface area contributed by atoms with Gasteiger partial charge in [-0.3, -0.25) is 14.7 Å². The summed E-state index contributed by atoms with van der Waals surface area (Å²) in [5.41, 5.74) is 2.77. The number of methoxy groups -OCH3 is 1. The highest BCUT2D eigenvalue weighted by atomic mass is 16.5. The average Bonchev–Trinajstić information content (AvgIpc) is 3.51. The summed E-state index contributed by atoms with van der Waals surface area (Å²) in [7, 11) is 1.67. The van der Waals surface area contributed by atoms with Crippen LogP contribution >= 0.6 is 0 Å². The first-order valence-electron chi connectivity index (χ1n) is 10.8. The predicted molar refractivity (Wildman–Crippen MR) is 117 cm³/mol. The van der Waals surface area contributed by atoms with Crippen molar-refractivity contribution in [2.75, 3.05) is 26.7 Å². The summed E-state index contributed by atoms with van der Waals surface area (Å²) in [6.07, 6.45) is 7.59. The van der Waals surface area contributed by atoms with Crippen LogP contribution in [-0.2, 0) is 17.9 Å². The molecule has 2 aliphatic rings. The minimum Gasteiger partial charge on any atom is -0.494 e. The summed E-state index contributed by atoms with van der Waals surface area (Å²) < 4.78 is 7.31. The Morgan fingerprint density at radius 2 is 1.90 bits per heavy atom. The molecule has 7 nitrogen and oxygen atoms in total. The predicted octanol–water partition coefficient (Wildman–Crippen LogP) is 2.90. The number of aromatic nitrogens is 3. The number of hydrogen-bond donors (Lipinski definition) is 0. The zero-order valence-corrected chi connectivity index (χ0v) is 17.8. The molecule has 4 heterocycles. The zero-order valence-electron chi connectivity index (χ0n) is 17.8. The van der Waals surface area contributed by atoms with Crippen molar-refractivity contribution < 1.29 is 9.53 Å². The Hall–Kier alpha value is -3.19. The van der Waals surface area contributed by atoms with Gasteiger partial charge in [-0.05, 0) is 43.7 Å². The highest BCUT2D eigenvalue weighted by Gasteiger charge is 2.50. The maximum absolute atomic E-state index is 13.2. The van der Waals surface area contributed by atoms with E-state index in [4.69, 9.17) is 4.74 Å². The summed E-state index contributed by atoms with van der Waals surface area (Å²) in [4.78, 5) is 22.0. The van der Waals surface area contributed by atoms with Crippen molar-refractivity contribution in [1.29, 1.82) is 0 Å². The first kappa shape index (κ1) is 19.8. The Balaban J connectivity index is 1.24. The number of hydrogen-bond acceptors (Lipinski definition) is 5. The van der Waals surface area contributed by atoms with E-state index < -0.39 is 0 Å². The number of amides is 1. The van der Waals surface area contributed by atoms with Crippen LogP contribution in [0.5, 0.6) is 5.75 Å². The number of pyridine rings is 1. The van der Waals surface area contributed by atoms with Crippen LogP contribution in [0.15, 0.2) is 61.1 Å². The van der Waals surface area contributed by atoms with Crippen LogP contribution in [0.25, 0.3) is 5.69 Å². The Morgan fingerprint density at radius 3 is 2.74 bits per heavy atom. The third kappa shape index (κ3) is 3.81. The van der Waals surface area contributed by atoms with Crippen LogP contribution in [0.1, 0.15) is 24.1 Å². The molecule has 31 heavy (non-hydrogen) atoms. The number of ether oxygens (including phenoxy) is 1.